The average Bonchev–Trinajstić information content (AvgIpc) is 3.11. The molecule has 1 heterocycles. The fraction of sp³-hybridized carbons (Fsp3) is 0.478. The van der Waals surface area contributed by atoms with E-state index in [1.165, 1.54) is 49.2 Å². The Balaban J connectivity index is 1.93. The van der Waals surface area contributed by atoms with Crippen molar-refractivity contribution >= 4 is 20.0 Å². The van der Waals surface area contributed by atoms with Crippen molar-refractivity contribution in [2.24, 2.45) is 0 Å². The molecule has 0 N–H and O–H groups in total. The van der Waals surface area contributed by atoms with E-state index < -0.39 is 20.0 Å². The summed E-state index contributed by atoms with van der Waals surface area (Å²) in [5.41, 5.74) is 1.47. The van der Waals surface area contributed by atoms with Gasteiger partial charge in [-0.05, 0) is 43.5 Å². The average molecular weight is 529 g/mol. The predicted octanol–water partition coefficient (Wildman–Crippen LogP) is 2.42. The Bertz CT molecular complexity index is 1190. The van der Waals surface area contributed by atoms with Gasteiger partial charge >= 0.3 is 0 Å². The molecule has 10 nitrogen and oxygen atoms in total. The minimum absolute atomic E-state index is 0.0216. The molecular weight excluding hydrogens is 496 g/mol. The topological polar surface area (TPSA) is 112 Å². The summed E-state index contributed by atoms with van der Waals surface area (Å²) in [4.78, 5) is -0.0487. The van der Waals surface area contributed by atoms with Crippen molar-refractivity contribution in [2.75, 3.05) is 54.6 Å². The fourth-order valence-electron chi connectivity index (χ4n) is 4.08. The van der Waals surface area contributed by atoms with E-state index in [9.17, 15) is 16.8 Å². The summed E-state index contributed by atoms with van der Waals surface area (Å²) in [5.74, 6) is 1.25. The van der Waals surface area contributed by atoms with Crippen LogP contribution in [-0.2, 0) is 20.0 Å². The minimum Gasteiger partial charge on any atom is -0.496 e. The lowest BCUT2D eigenvalue weighted by Crippen LogP contribution is -2.37. The maximum Gasteiger partial charge on any atom is 0.246 e. The van der Waals surface area contributed by atoms with E-state index in [4.69, 9.17) is 18.9 Å². The van der Waals surface area contributed by atoms with Crippen LogP contribution >= 0.6 is 0 Å². The number of rotatable bonds is 8. The van der Waals surface area contributed by atoms with E-state index in [1.54, 1.807) is 26.0 Å². The Labute approximate surface area is 207 Å². The highest BCUT2D eigenvalue weighted by Crippen LogP contribution is 2.36. The maximum absolute atomic E-state index is 13.5. The van der Waals surface area contributed by atoms with E-state index >= 15 is 0 Å². The number of hydrogen-bond acceptors (Lipinski definition) is 8. The van der Waals surface area contributed by atoms with Gasteiger partial charge in [0.1, 0.15) is 32.8 Å². The number of ether oxygens (including phenoxy) is 4. The number of hydrogen-bond donors (Lipinski definition) is 0. The van der Waals surface area contributed by atoms with Crippen LogP contribution in [0.3, 0.4) is 0 Å². The molecule has 1 aliphatic heterocycles. The van der Waals surface area contributed by atoms with E-state index in [0.717, 1.165) is 11.1 Å². The molecular formula is C23H32N2O8S2. The van der Waals surface area contributed by atoms with Crippen molar-refractivity contribution in [3.8, 4) is 23.0 Å². The Morgan fingerprint density at radius 1 is 0.571 bits per heavy atom. The lowest BCUT2D eigenvalue weighted by molar-refractivity contribution is 0.377. The molecule has 0 spiro atoms. The highest BCUT2D eigenvalue weighted by molar-refractivity contribution is 7.89. The zero-order chi connectivity index (χ0) is 26.0. The zero-order valence-corrected chi connectivity index (χ0v) is 22.5. The van der Waals surface area contributed by atoms with Crippen molar-refractivity contribution < 1.29 is 35.8 Å². The van der Waals surface area contributed by atoms with Gasteiger partial charge in [-0.1, -0.05) is 0 Å². The van der Waals surface area contributed by atoms with Crippen LogP contribution in [0.15, 0.2) is 34.1 Å². The molecule has 0 bridgehead atoms. The maximum atomic E-state index is 13.5. The standard InChI is InChI=1S/C23H32N2O8S2/c1-16-12-20(32-5)22(14-18(16)30-3)34(26,27)24-8-7-9-25(11-10-24)35(28,29)23-15-19(31-4)17(2)13-21(23)33-6/h12-15H,7-11H2,1-6H3. The summed E-state index contributed by atoms with van der Waals surface area (Å²) in [7, 11) is -2.22. The predicted molar refractivity (Wildman–Crippen MR) is 131 cm³/mol. The molecule has 1 fully saturated rings. The lowest BCUT2D eigenvalue weighted by atomic mass is 10.2. The number of sulfonamides is 2. The molecule has 2 aromatic carbocycles. The first-order valence-electron chi connectivity index (χ1n) is 11.0. The molecule has 2 aromatic rings. The molecule has 0 radical (unpaired) electrons. The second-order valence-electron chi connectivity index (χ2n) is 8.11. The number of benzene rings is 2. The first kappa shape index (κ1) is 27.1. The first-order chi connectivity index (χ1) is 16.5. The van der Waals surface area contributed by atoms with Gasteiger partial charge in [-0.25, -0.2) is 16.8 Å². The molecule has 0 unspecified atom stereocenters. The molecule has 0 aromatic heterocycles. The third-order valence-electron chi connectivity index (χ3n) is 6.01. The highest BCUT2D eigenvalue weighted by Gasteiger charge is 2.35. The zero-order valence-electron chi connectivity index (χ0n) is 20.8. The summed E-state index contributed by atoms with van der Waals surface area (Å²) in [6, 6.07) is 6.09. The van der Waals surface area contributed by atoms with Gasteiger partial charge < -0.3 is 18.9 Å². The summed E-state index contributed by atoms with van der Waals surface area (Å²) < 4.78 is 78.0. The van der Waals surface area contributed by atoms with Crippen molar-refractivity contribution in [2.45, 2.75) is 30.1 Å². The Morgan fingerprint density at radius 2 is 0.914 bits per heavy atom. The van der Waals surface area contributed by atoms with E-state index in [1.807, 2.05) is 0 Å². The second kappa shape index (κ2) is 10.6. The summed E-state index contributed by atoms with van der Waals surface area (Å²) in [6.07, 6.45) is 0.315. The molecule has 0 aliphatic carbocycles. The SMILES string of the molecule is COc1cc(S(=O)(=O)N2CCCN(S(=O)(=O)c3cc(OC)c(C)cc3OC)CC2)c(OC)cc1C. The van der Waals surface area contributed by atoms with Crippen LogP contribution in [0.2, 0.25) is 0 Å². The summed E-state index contributed by atoms with van der Waals surface area (Å²) in [5, 5.41) is 0. The number of methoxy groups -OCH3 is 4. The molecule has 194 valence electrons. The van der Waals surface area contributed by atoms with Gasteiger partial charge in [-0.3, -0.25) is 0 Å². The Hall–Kier alpha value is -2.54. The molecule has 0 saturated carbocycles. The van der Waals surface area contributed by atoms with Crippen LogP contribution in [0.25, 0.3) is 0 Å². The van der Waals surface area contributed by atoms with Gasteiger partial charge in [-0.2, -0.15) is 8.61 Å². The molecule has 3 rings (SSSR count). The Morgan fingerprint density at radius 3 is 1.23 bits per heavy atom. The van der Waals surface area contributed by atoms with Crippen molar-refractivity contribution in [1.29, 1.82) is 0 Å². The van der Waals surface area contributed by atoms with Crippen LogP contribution in [0, 0.1) is 13.8 Å². The quantitative estimate of drug-likeness (QED) is 0.514. The second-order valence-corrected chi connectivity index (χ2v) is 11.9. The molecule has 1 aliphatic rings. The fourth-order valence-corrected chi connectivity index (χ4v) is 7.32. The largest absolute Gasteiger partial charge is 0.496 e. The van der Waals surface area contributed by atoms with Crippen molar-refractivity contribution in [1.82, 2.24) is 8.61 Å². The van der Waals surface area contributed by atoms with Crippen LogP contribution in [0.1, 0.15) is 17.5 Å². The molecule has 0 atom stereocenters. The Kier molecular flexibility index (Phi) is 8.20. The van der Waals surface area contributed by atoms with E-state index in [0.29, 0.717) is 17.9 Å². The van der Waals surface area contributed by atoms with Gasteiger partial charge in [0, 0.05) is 38.3 Å². The smallest absolute Gasteiger partial charge is 0.246 e. The normalized spacial score (nSPS) is 15.9. The van der Waals surface area contributed by atoms with Crippen LogP contribution in [-0.4, -0.2) is 80.1 Å². The summed E-state index contributed by atoms with van der Waals surface area (Å²) >= 11 is 0. The van der Waals surface area contributed by atoms with Crippen LogP contribution < -0.4 is 18.9 Å². The van der Waals surface area contributed by atoms with Gasteiger partial charge in [0.25, 0.3) is 0 Å². The van der Waals surface area contributed by atoms with Crippen molar-refractivity contribution in [3.63, 3.8) is 0 Å². The van der Waals surface area contributed by atoms with Gasteiger partial charge in [0.2, 0.25) is 20.0 Å². The molecule has 1 saturated heterocycles. The van der Waals surface area contributed by atoms with Gasteiger partial charge in [0.15, 0.2) is 0 Å². The van der Waals surface area contributed by atoms with Crippen molar-refractivity contribution in [3.05, 3.63) is 35.4 Å². The summed E-state index contributed by atoms with van der Waals surface area (Å²) in [6.45, 7) is 3.85. The first-order valence-corrected chi connectivity index (χ1v) is 13.8. The van der Waals surface area contributed by atoms with E-state index in [-0.39, 0.29) is 47.5 Å². The third-order valence-corrected chi connectivity index (χ3v) is 9.85. The molecule has 35 heavy (non-hydrogen) atoms. The third kappa shape index (κ3) is 5.20. The minimum atomic E-state index is -3.98. The number of aryl methyl sites for hydroxylation is 2. The molecule has 12 heteroatoms. The molecule has 0 amide bonds. The van der Waals surface area contributed by atoms with E-state index in [2.05, 4.69) is 0 Å². The monoisotopic (exact) mass is 528 g/mol. The highest BCUT2D eigenvalue weighted by atomic mass is 32.2. The van der Waals surface area contributed by atoms with Gasteiger partial charge in [-0.15, -0.1) is 0 Å². The van der Waals surface area contributed by atoms with Crippen LogP contribution in [0.5, 0.6) is 23.0 Å². The number of nitrogens with zero attached hydrogens (tertiary/aromatic N) is 2. The lowest BCUT2D eigenvalue weighted by Gasteiger charge is -2.24. The van der Waals surface area contributed by atoms with Gasteiger partial charge in [0.05, 0.1) is 28.4 Å². The van der Waals surface area contributed by atoms with Crippen LogP contribution in [0.4, 0.5) is 0 Å².